The topological polar surface area (TPSA) is 56.2 Å². The molecule has 1 amide bonds. The summed E-state index contributed by atoms with van der Waals surface area (Å²) < 4.78 is 7.12. The van der Waals surface area contributed by atoms with Gasteiger partial charge in [0.1, 0.15) is 0 Å². The van der Waals surface area contributed by atoms with E-state index in [2.05, 4.69) is 26.3 Å². The van der Waals surface area contributed by atoms with E-state index >= 15 is 0 Å². The van der Waals surface area contributed by atoms with Crippen molar-refractivity contribution in [3.63, 3.8) is 0 Å². The number of hydrogen-bond donors (Lipinski definition) is 1. The molecule has 2 rings (SSSR count). The van der Waals surface area contributed by atoms with E-state index in [0.717, 1.165) is 29.6 Å². The van der Waals surface area contributed by atoms with Crippen LogP contribution in [0.25, 0.3) is 0 Å². The first-order valence-electron chi connectivity index (χ1n) is 6.45. The van der Waals surface area contributed by atoms with Crippen LogP contribution in [0.1, 0.15) is 34.6 Å². The van der Waals surface area contributed by atoms with Crippen LogP contribution < -0.4 is 5.32 Å². The highest BCUT2D eigenvalue weighted by atomic mass is 79.9. The molecule has 0 aliphatic carbocycles. The molecule has 1 saturated heterocycles. The molecule has 0 radical (unpaired) electrons. The van der Waals surface area contributed by atoms with Crippen molar-refractivity contribution in [3.05, 3.63) is 17.0 Å². The first kappa shape index (κ1) is 14.5. The van der Waals surface area contributed by atoms with Gasteiger partial charge < -0.3 is 10.1 Å². The number of amides is 1. The molecule has 1 aromatic rings. The second-order valence-corrected chi connectivity index (χ2v) is 5.71. The number of ether oxygens (including phenoxy) is 1. The van der Waals surface area contributed by atoms with Gasteiger partial charge in [0.2, 0.25) is 0 Å². The Morgan fingerprint density at radius 1 is 1.47 bits per heavy atom. The number of alkyl halides is 1. The van der Waals surface area contributed by atoms with Crippen LogP contribution in [-0.4, -0.2) is 39.8 Å². The lowest BCUT2D eigenvalue weighted by Gasteiger charge is -2.36. The molecule has 1 aliphatic heterocycles. The van der Waals surface area contributed by atoms with Crippen LogP contribution in [0.3, 0.4) is 0 Å². The Hall–Kier alpha value is -0.880. The summed E-state index contributed by atoms with van der Waals surface area (Å²) in [6.07, 6.45) is 1.67. The summed E-state index contributed by atoms with van der Waals surface area (Å²) in [6.45, 7) is 5.17. The Kier molecular flexibility index (Phi) is 4.30. The first-order valence-corrected chi connectivity index (χ1v) is 7.58. The Labute approximate surface area is 121 Å². The van der Waals surface area contributed by atoms with Gasteiger partial charge in [-0.25, -0.2) is 0 Å². The quantitative estimate of drug-likeness (QED) is 0.859. The van der Waals surface area contributed by atoms with Gasteiger partial charge in [-0.15, -0.1) is 0 Å². The number of halogens is 1. The molecule has 1 fully saturated rings. The Bertz CT molecular complexity index is 478. The molecule has 0 spiro atoms. The highest BCUT2D eigenvalue weighted by molar-refractivity contribution is 9.09. The summed E-state index contributed by atoms with van der Waals surface area (Å²) in [7, 11) is 1.85. The molecule has 0 atom stereocenters. The van der Waals surface area contributed by atoms with E-state index in [1.54, 1.807) is 4.68 Å². The largest absolute Gasteiger partial charge is 0.381 e. The molecule has 1 N–H and O–H groups in total. The fraction of sp³-hybridized carbons (Fsp3) is 0.692. The average molecular weight is 330 g/mol. The highest BCUT2D eigenvalue weighted by Crippen LogP contribution is 2.24. The minimum Gasteiger partial charge on any atom is -0.381 e. The maximum absolute atomic E-state index is 12.5. The minimum absolute atomic E-state index is 0.0375. The smallest absolute Gasteiger partial charge is 0.255 e. The minimum atomic E-state index is -0.204. The molecular formula is C13H20BrN3O2. The maximum atomic E-state index is 12.5. The molecule has 0 saturated carbocycles. The Balaban J connectivity index is 2.20. The number of carbonyl (C=O) groups is 1. The van der Waals surface area contributed by atoms with Crippen molar-refractivity contribution in [1.82, 2.24) is 15.1 Å². The molecule has 1 aliphatic rings. The molecule has 1 aromatic heterocycles. The highest BCUT2D eigenvalue weighted by Gasteiger charge is 2.34. The first-order chi connectivity index (χ1) is 8.99. The van der Waals surface area contributed by atoms with Crippen LogP contribution in [0.15, 0.2) is 0 Å². The molecule has 0 bridgehead atoms. The van der Waals surface area contributed by atoms with Crippen molar-refractivity contribution in [2.45, 2.75) is 32.2 Å². The zero-order valence-corrected chi connectivity index (χ0v) is 13.2. The van der Waals surface area contributed by atoms with Crippen molar-refractivity contribution < 1.29 is 9.53 Å². The number of aryl methyl sites for hydroxylation is 2. The van der Waals surface area contributed by atoms with Gasteiger partial charge in [0.05, 0.1) is 16.8 Å². The predicted octanol–water partition coefficient (Wildman–Crippen LogP) is 1.71. The molecule has 6 heteroatoms. The third-order valence-electron chi connectivity index (χ3n) is 3.82. The van der Waals surface area contributed by atoms with Crippen molar-refractivity contribution in [2.75, 3.05) is 18.5 Å². The number of hydrogen-bond acceptors (Lipinski definition) is 3. The van der Waals surface area contributed by atoms with Crippen LogP contribution in [0.4, 0.5) is 0 Å². The lowest BCUT2D eigenvalue weighted by atomic mass is 9.92. The van der Waals surface area contributed by atoms with Gasteiger partial charge in [-0.2, -0.15) is 5.10 Å². The SMILES string of the molecule is Cc1nn(C)c(C)c1C(=O)NC1(CBr)CCOCC1. The second kappa shape index (κ2) is 5.63. The normalized spacial score (nSPS) is 18.3. The van der Waals surface area contributed by atoms with Gasteiger partial charge >= 0.3 is 0 Å². The van der Waals surface area contributed by atoms with Gasteiger partial charge in [-0.1, -0.05) is 15.9 Å². The fourth-order valence-electron chi connectivity index (χ4n) is 2.46. The third kappa shape index (κ3) is 2.84. The van der Waals surface area contributed by atoms with Gasteiger partial charge in [-0.3, -0.25) is 9.48 Å². The Morgan fingerprint density at radius 3 is 2.58 bits per heavy atom. The summed E-state index contributed by atoms with van der Waals surface area (Å²) >= 11 is 3.52. The summed E-state index contributed by atoms with van der Waals surface area (Å²) in [5, 5.41) is 8.21. The summed E-state index contributed by atoms with van der Waals surface area (Å²) in [6, 6.07) is 0. The molecule has 106 valence electrons. The second-order valence-electron chi connectivity index (χ2n) is 5.15. The van der Waals surface area contributed by atoms with Crippen LogP contribution >= 0.6 is 15.9 Å². The number of nitrogens with one attached hydrogen (secondary N) is 1. The van der Waals surface area contributed by atoms with Crippen molar-refractivity contribution in [1.29, 1.82) is 0 Å². The van der Waals surface area contributed by atoms with Crippen LogP contribution in [-0.2, 0) is 11.8 Å². The van der Waals surface area contributed by atoms with Gasteiger partial charge in [0, 0.05) is 31.3 Å². The zero-order valence-electron chi connectivity index (χ0n) is 11.6. The number of aromatic nitrogens is 2. The van der Waals surface area contributed by atoms with Crippen LogP contribution in [0.5, 0.6) is 0 Å². The van der Waals surface area contributed by atoms with Gasteiger partial charge in [0.15, 0.2) is 0 Å². The Morgan fingerprint density at radius 2 is 2.11 bits per heavy atom. The summed E-state index contributed by atoms with van der Waals surface area (Å²) in [5.41, 5.74) is 2.15. The third-order valence-corrected chi connectivity index (χ3v) is 4.89. The lowest BCUT2D eigenvalue weighted by Crippen LogP contribution is -2.53. The number of carbonyl (C=O) groups excluding carboxylic acids is 1. The molecule has 2 heterocycles. The van der Waals surface area contributed by atoms with E-state index in [4.69, 9.17) is 4.74 Å². The van der Waals surface area contributed by atoms with E-state index in [9.17, 15) is 4.79 Å². The monoisotopic (exact) mass is 329 g/mol. The van der Waals surface area contributed by atoms with Gasteiger partial charge in [0.25, 0.3) is 5.91 Å². The van der Waals surface area contributed by atoms with E-state index in [1.807, 2.05) is 20.9 Å². The molecule has 0 unspecified atom stereocenters. The molecule has 19 heavy (non-hydrogen) atoms. The van der Waals surface area contributed by atoms with Crippen LogP contribution in [0, 0.1) is 13.8 Å². The molecular weight excluding hydrogens is 310 g/mol. The maximum Gasteiger partial charge on any atom is 0.255 e. The predicted molar refractivity (Wildman–Crippen MR) is 76.7 cm³/mol. The van der Waals surface area contributed by atoms with Crippen molar-refractivity contribution in [3.8, 4) is 0 Å². The number of rotatable bonds is 3. The van der Waals surface area contributed by atoms with E-state index in [-0.39, 0.29) is 11.4 Å². The van der Waals surface area contributed by atoms with Crippen molar-refractivity contribution in [2.24, 2.45) is 7.05 Å². The van der Waals surface area contributed by atoms with Gasteiger partial charge in [-0.05, 0) is 26.7 Å². The standard InChI is InChI=1S/C13H20BrN3O2/c1-9-11(10(2)17(3)16-9)12(18)15-13(8-14)4-6-19-7-5-13/h4-8H2,1-3H3,(H,15,18). The summed E-state index contributed by atoms with van der Waals surface area (Å²) in [5.74, 6) is -0.0375. The van der Waals surface area contributed by atoms with Crippen LogP contribution in [0.2, 0.25) is 0 Å². The zero-order chi connectivity index (χ0) is 14.0. The average Bonchev–Trinajstić information content (AvgIpc) is 2.64. The lowest BCUT2D eigenvalue weighted by molar-refractivity contribution is 0.0441. The van der Waals surface area contributed by atoms with E-state index < -0.39 is 0 Å². The number of nitrogens with zero attached hydrogens (tertiary/aromatic N) is 2. The van der Waals surface area contributed by atoms with Crippen molar-refractivity contribution >= 4 is 21.8 Å². The summed E-state index contributed by atoms with van der Waals surface area (Å²) in [4.78, 5) is 12.5. The molecule has 5 nitrogen and oxygen atoms in total. The van der Waals surface area contributed by atoms with E-state index in [1.165, 1.54) is 0 Å². The fourth-order valence-corrected chi connectivity index (χ4v) is 3.16. The van der Waals surface area contributed by atoms with E-state index in [0.29, 0.717) is 18.8 Å². The molecule has 0 aromatic carbocycles.